The van der Waals surface area contributed by atoms with E-state index in [1.807, 2.05) is 24.3 Å². The van der Waals surface area contributed by atoms with Gasteiger partial charge in [0.15, 0.2) is 0 Å². The van der Waals surface area contributed by atoms with E-state index in [2.05, 4.69) is 66.7 Å². The zero-order valence-corrected chi connectivity index (χ0v) is 14.7. The lowest BCUT2D eigenvalue weighted by Gasteiger charge is -2.05. The van der Waals surface area contributed by atoms with Gasteiger partial charge in [-0.05, 0) is 34.9 Å². The Balaban J connectivity index is 1.66. The molecule has 0 aliphatic carbocycles. The molecule has 1 aromatic heterocycles. The molecule has 0 radical (unpaired) electrons. The van der Waals surface area contributed by atoms with Crippen LogP contribution < -0.4 is 0 Å². The monoisotopic (exact) mass is 354 g/mol. The van der Waals surface area contributed by atoms with E-state index in [4.69, 9.17) is 16.0 Å². The average molecular weight is 355 g/mol. The van der Waals surface area contributed by atoms with Gasteiger partial charge in [0.1, 0.15) is 11.2 Å². The number of benzene rings is 4. The van der Waals surface area contributed by atoms with E-state index in [0.29, 0.717) is 0 Å². The minimum atomic E-state index is 0.720. The van der Waals surface area contributed by atoms with Crippen molar-refractivity contribution in [1.29, 1.82) is 0 Å². The van der Waals surface area contributed by atoms with Crippen LogP contribution in [0.5, 0.6) is 0 Å². The van der Waals surface area contributed by atoms with Crippen LogP contribution >= 0.6 is 11.6 Å². The molecule has 5 rings (SSSR count). The molecular formula is C24H15ClO. The summed E-state index contributed by atoms with van der Waals surface area (Å²) in [6.45, 7) is 0. The summed E-state index contributed by atoms with van der Waals surface area (Å²) in [4.78, 5) is 0. The smallest absolute Gasteiger partial charge is 0.143 e. The average Bonchev–Trinajstić information content (AvgIpc) is 3.07. The fourth-order valence-corrected chi connectivity index (χ4v) is 3.64. The summed E-state index contributed by atoms with van der Waals surface area (Å²) in [5.41, 5.74) is 6.42. The summed E-state index contributed by atoms with van der Waals surface area (Å²) < 4.78 is 6.15. The molecule has 0 N–H and O–H groups in total. The number of fused-ring (bicyclic) bond motifs is 3. The highest BCUT2D eigenvalue weighted by Crippen LogP contribution is 2.37. The van der Waals surface area contributed by atoms with E-state index in [-0.39, 0.29) is 0 Å². The molecule has 4 aromatic carbocycles. The fraction of sp³-hybridized carbons (Fsp3) is 0. The summed E-state index contributed by atoms with van der Waals surface area (Å²) in [5.74, 6) is 0. The van der Waals surface area contributed by atoms with Crippen LogP contribution in [-0.4, -0.2) is 0 Å². The van der Waals surface area contributed by atoms with Crippen LogP contribution in [0.3, 0.4) is 0 Å². The molecule has 0 aliphatic heterocycles. The van der Waals surface area contributed by atoms with Gasteiger partial charge in [0, 0.05) is 21.4 Å². The fourth-order valence-electron chi connectivity index (χ4n) is 3.47. The summed E-state index contributed by atoms with van der Waals surface area (Å²) in [6.07, 6.45) is 0. The largest absolute Gasteiger partial charge is 0.455 e. The molecule has 0 amide bonds. The van der Waals surface area contributed by atoms with Gasteiger partial charge in [0.2, 0.25) is 0 Å². The summed E-state index contributed by atoms with van der Waals surface area (Å²) in [5, 5.41) is 2.86. The van der Waals surface area contributed by atoms with Gasteiger partial charge in [0.25, 0.3) is 0 Å². The number of furan rings is 1. The maximum atomic E-state index is 6.17. The van der Waals surface area contributed by atoms with Crippen molar-refractivity contribution in [2.45, 2.75) is 0 Å². The molecule has 0 unspecified atom stereocenters. The zero-order valence-electron chi connectivity index (χ0n) is 13.9. The SMILES string of the molecule is Clc1ccc2oc3c(-c4ccc(-c5ccccc5)cc4)cccc3c2c1. The van der Waals surface area contributed by atoms with Gasteiger partial charge in [-0.15, -0.1) is 0 Å². The van der Waals surface area contributed by atoms with Gasteiger partial charge >= 0.3 is 0 Å². The van der Waals surface area contributed by atoms with E-state index in [1.165, 1.54) is 11.1 Å². The number of hydrogen-bond donors (Lipinski definition) is 0. The van der Waals surface area contributed by atoms with E-state index < -0.39 is 0 Å². The standard InChI is InChI=1S/C24H15ClO/c25-19-13-14-23-22(15-19)21-8-4-7-20(24(21)26-23)18-11-9-17(10-12-18)16-5-2-1-3-6-16/h1-15H. The summed E-state index contributed by atoms with van der Waals surface area (Å²) >= 11 is 6.17. The Labute approximate surface area is 156 Å². The van der Waals surface area contributed by atoms with Crippen LogP contribution in [0, 0.1) is 0 Å². The van der Waals surface area contributed by atoms with Crippen molar-refractivity contribution in [3.8, 4) is 22.3 Å². The Morgan fingerprint density at radius 1 is 0.577 bits per heavy atom. The Bertz CT molecular complexity index is 1220. The highest BCUT2D eigenvalue weighted by atomic mass is 35.5. The van der Waals surface area contributed by atoms with Gasteiger partial charge in [-0.3, -0.25) is 0 Å². The first-order valence-electron chi connectivity index (χ1n) is 8.56. The van der Waals surface area contributed by atoms with Crippen molar-refractivity contribution in [3.05, 3.63) is 96.0 Å². The molecular weight excluding hydrogens is 340 g/mol. The van der Waals surface area contributed by atoms with Crippen molar-refractivity contribution in [2.75, 3.05) is 0 Å². The van der Waals surface area contributed by atoms with E-state index in [0.717, 1.165) is 38.1 Å². The molecule has 26 heavy (non-hydrogen) atoms. The van der Waals surface area contributed by atoms with Crippen molar-refractivity contribution in [2.24, 2.45) is 0 Å². The number of hydrogen-bond acceptors (Lipinski definition) is 1. The van der Waals surface area contributed by atoms with Crippen molar-refractivity contribution in [3.63, 3.8) is 0 Å². The molecule has 0 saturated carbocycles. The molecule has 1 nitrogen and oxygen atoms in total. The lowest BCUT2D eigenvalue weighted by atomic mass is 9.99. The molecule has 0 spiro atoms. The summed E-state index contributed by atoms with van der Waals surface area (Å²) in [6, 6.07) is 31.0. The number of rotatable bonds is 2. The minimum absolute atomic E-state index is 0.720. The quantitative estimate of drug-likeness (QED) is 0.318. The van der Waals surface area contributed by atoms with Gasteiger partial charge in [0.05, 0.1) is 0 Å². The molecule has 5 aromatic rings. The van der Waals surface area contributed by atoms with Crippen LogP contribution in [0.2, 0.25) is 5.02 Å². The van der Waals surface area contributed by atoms with E-state index in [1.54, 1.807) is 0 Å². The molecule has 2 heteroatoms. The zero-order chi connectivity index (χ0) is 17.5. The predicted molar refractivity (Wildman–Crippen MR) is 110 cm³/mol. The maximum absolute atomic E-state index is 6.17. The predicted octanol–water partition coefficient (Wildman–Crippen LogP) is 7.57. The first-order chi connectivity index (χ1) is 12.8. The molecule has 1 heterocycles. The molecule has 0 aliphatic rings. The normalized spacial score (nSPS) is 11.3. The number of para-hydroxylation sites is 1. The van der Waals surface area contributed by atoms with Gasteiger partial charge in [-0.25, -0.2) is 0 Å². The van der Waals surface area contributed by atoms with Crippen LogP contribution in [-0.2, 0) is 0 Å². The van der Waals surface area contributed by atoms with Crippen molar-refractivity contribution in [1.82, 2.24) is 0 Å². The highest BCUT2D eigenvalue weighted by Gasteiger charge is 2.12. The van der Waals surface area contributed by atoms with Gasteiger partial charge in [-0.1, -0.05) is 84.4 Å². The Morgan fingerprint density at radius 2 is 1.31 bits per heavy atom. The van der Waals surface area contributed by atoms with Crippen LogP contribution in [0.1, 0.15) is 0 Å². The Hall–Kier alpha value is -3.03. The van der Waals surface area contributed by atoms with Crippen LogP contribution in [0.25, 0.3) is 44.2 Å². The first kappa shape index (κ1) is 15.2. The third kappa shape index (κ3) is 2.49. The second-order valence-electron chi connectivity index (χ2n) is 6.37. The highest BCUT2D eigenvalue weighted by molar-refractivity contribution is 6.31. The van der Waals surface area contributed by atoms with E-state index in [9.17, 15) is 0 Å². The van der Waals surface area contributed by atoms with Crippen molar-refractivity contribution < 1.29 is 4.42 Å². The molecule has 0 saturated heterocycles. The lowest BCUT2D eigenvalue weighted by molar-refractivity contribution is 0.670. The molecule has 0 atom stereocenters. The lowest BCUT2D eigenvalue weighted by Crippen LogP contribution is -1.81. The number of halogens is 1. The third-order valence-corrected chi connectivity index (χ3v) is 5.00. The Morgan fingerprint density at radius 3 is 2.12 bits per heavy atom. The van der Waals surface area contributed by atoms with Crippen LogP contribution in [0.15, 0.2) is 95.4 Å². The maximum Gasteiger partial charge on any atom is 0.143 e. The topological polar surface area (TPSA) is 13.1 Å². The van der Waals surface area contributed by atoms with E-state index >= 15 is 0 Å². The third-order valence-electron chi connectivity index (χ3n) is 4.76. The Kier molecular flexibility index (Phi) is 3.55. The minimum Gasteiger partial charge on any atom is -0.455 e. The molecule has 0 fully saturated rings. The summed E-state index contributed by atoms with van der Waals surface area (Å²) in [7, 11) is 0. The van der Waals surface area contributed by atoms with Crippen LogP contribution in [0.4, 0.5) is 0 Å². The molecule has 124 valence electrons. The second kappa shape index (κ2) is 6.05. The first-order valence-corrected chi connectivity index (χ1v) is 8.94. The van der Waals surface area contributed by atoms with Crippen molar-refractivity contribution >= 4 is 33.5 Å². The second-order valence-corrected chi connectivity index (χ2v) is 6.80. The van der Waals surface area contributed by atoms with Gasteiger partial charge < -0.3 is 4.42 Å². The van der Waals surface area contributed by atoms with Gasteiger partial charge in [-0.2, -0.15) is 0 Å². The molecule has 0 bridgehead atoms.